The maximum Gasteiger partial charge on any atom is 0.312 e. The summed E-state index contributed by atoms with van der Waals surface area (Å²) in [4.78, 5) is 22.8. The molecule has 0 fully saturated rings. The average molecular weight is 389 g/mol. The minimum atomic E-state index is -0.449. The molecule has 0 unspecified atom stereocenters. The number of halogens is 1. The van der Waals surface area contributed by atoms with E-state index in [0.29, 0.717) is 34.3 Å². The molecule has 0 aliphatic rings. The Morgan fingerprint density at radius 2 is 2.04 bits per heavy atom. The number of aromatic nitrogens is 4. The van der Waals surface area contributed by atoms with E-state index < -0.39 is 4.92 Å². The van der Waals surface area contributed by atoms with E-state index in [0.717, 1.165) is 5.56 Å². The van der Waals surface area contributed by atoms with Gasteiger partial charge >= 0.3 is 5.69 Å². The van der Waals surface area contributed by atoms with Gasteiger partial charge in [-0.05, 0) is 32.0 Å². The number of hydrogen-bond donors (Lipinski definition) is 2. The van der Waals surface area contributed by atoms with Crippen LogP contribution in [-0.4, -0.2) is 37.4 Å². The van der Waals surface area contributed by atoms with Crippen molar-refractivity contribution in [3.05, 3.63) is 62.6 Å². The zero-order valence-electron chi connectivity index (χ0n) is 14.7. The monoisotopic (exact) mass is 388 g/mol. The van der Waals surface area contributed by atoms with E-state index in [4.69, 9.17) is 11.6 Å². The van der Waals surface area contributed by atoms with Crippen LogP contribution in [0.15, 0.2) is 30.3 Å². The highest BCUT2D eigenvalue weighted by atomic mass is 35.5. The Morgan fingerprint density at radius 3 is 2.67 bits per heavy atom. The maximum absolute atomic E-state index is 12.3. The van der Waals surface area contributed by atoms with Crippen LogP contribution in [0.2, 0.25) is 5.02 Å². The van der Waals surface area contributed by atoms with Crippen LogP contribution in [0.25, 0.3) is 11.3 Å². The van der Waals surface area contributed by atoms with Gasteiger partial charge in [-0.1, -0.05) is 23.7 Å². The molecule has 1 amide bonds. The molecule has 0 spiro atoms. The number of nitrogens with zero attached hydrogens (tertiary/aromatic N) is 4. The van der Waals surface area contributed by atoms with Gasteiger partial charge in [0.15, 0.2) is 0 Å². The zero-order chi connectivity index (χ0) is 19.6. The Labute approximate surface area is 159 Å². The fraction of sp³-hybridized carbons (Fsp3) is 0.235. The highest BCUT2D eigenvalue weighted by Crippen LogP contribution is 2.22. The Morgan fingerprint density at radius 1 is 1.33 bits per heavy atom. The lowest BCUT2D eigenvalue weighted by atomic mass is 10.1. The molecule has 0 radical (unpaired) electrons. The normalized spacial score (nSPS) is 10.8. The van der Waals surface area contributed by atoms with Gasteiger partial charge in [0, 0.05) is 17.1 Å². The minimum absolute atomic E-state index is 0.00232. The van der Waals surface area contributed by atoms with Crippen molar-refractivity contribution < 1.29 is 9.72 Å². The Balaban J connectivity index is 1.61. The Hall–Kier alpha value is -3.20. The number of rotatable bonds is 6. The van der Waals surface area contributed by atoms with Crippen LogP contribution in [-0.2, 0) is 6.54 Å². The summed E-state index contributed by atoms with van der Waals surface area (Å²) in [6.45, 7) is 3.81. The molecule has 10 heteroatoms. The molecule has 9 nitrogen and oxygen atoms in total. The van der Waals surface area contributed by atoms with Gasteiger partial charge in [0.25, 0.3) is 5.91 Å². The smallest absolute Gasteiger partial charge is 0.312 e. The summed E-state index contributed by atoms with van der Waals surface area (Å²) in [7, 11) is 0. The zero-order valence-corrected chi connectivity index (χ0v) is 15.4. The molecule has 1 aromatic carbocycles. The first-order valence-electron chi connectivity index (χ1n) is 8.14. The molecule has 0 saturated carbocycles. The lowest BCUT2D eigenvalue weighted by Crippen LogP contribution is -2.28. The third kappa shape index (κ3) is 3.98. The molecule has 0 saturated heterocycles. The first kappa shape index (κ1) is 18.6. The standard InChI is InChI=1S/C17H17ClN6O3/c1-10-16(24(26)27)11(2)23(22-10)8-7-19-17(25)15-9-14(20-21-15)12-3-5-13(18)6-4-12/h3-6,9H,7-8H2,1-2H3,(H,19,25)(H,20,21). The lowest BCUT2D eigenvalue weighted by molar-refractivity contribution is -0.386. The van der Waals surface area contributed by atoms with Crippen LogP contribution in [0.4, 0.5) is 5.69 Å². The summed E-state index contributed by atoms with van der Waals surface area (Å²) in [5.74, 6) is -0.321. The molecular weight excluding hydrogens is 372 g/mol. The van der Waals surface area contributed by atoms with Gasteiger partial charge in [0.05, 0.1) is 17.2 Å². The van der Waals surface area contributed by atoms with Crippen molar-refractivity contribution in [1.29, 1.82) is 0 Å². The number of nitro groups is 1. The van der Waals surface area contributed by atoms with E-state index in [1.54, 1.807) is 32.0 Å². The number of benzene rings is 1. The van der Waals surface area contributed by atoms with Crippen molar-refractivity contribution in [2.24, 2.45) is 0 Å². The van der Waals surface area contributed by atoms with Crippen molar-refractivity contribution in [2.75, 3.05) is 6.54 Å². The lowest BCUT2D eigenvalue weighted by Gasteiger charge is -2.05. The second-order valence-electron chi connectivity index (χ2n) is 5.93. The van der Waals surface area contributed by atoms with Gasteiger partial charge in [-0.3, -0.25) is 24.7 Å². The SMILES string of the molecule is Cc1nn(CCNC(=O)c2cc(-c3ccc(Cl)cc3)n[nH]2)c(C)c1[N+](=O)[O-]. The van der Waals surface area contributed by atoms with Crippen LogP contribution in [0.5, 0.6) is 0 Å². The second-order valence-corrected chi connectivity index (χ2v) is 6.37. The number of aryl methyl sites for hydroxylation is 1. The topological polar surface area (TPSA) is 119 Å². The maximum atomic E-state index is 12.3. The summed E-state index contributed by atoms with van der Waals surface area (Å²) in [6, 6.07) is 8.77. The van der Waals surface area contributed by atoms with E-state index in [1.165, 1.54) is 4.68 Å². The molecule has 140 valence electrons. The van der Waals surface area contributed by atoms with Crippen molar-refractivity contribution >= 4 is 23.2 Å². The molecule has 3 rings (SSSR count). The van der Waals surface area contributed by atoms with E-state index in [9.17, 15) is 14.9 Å². The second kappa shape index (κ2) is 7.58. The average Bonchev–Trinajstić information content (AvgIpc) is 3.21. The summed E-state index contributed by atoms with van der Waals surface area (Å²) in [6.07, 6.45) is 0. The van der Waals surface area contributed by atoms with Crippen molar-refractivity contribution in [3.63, 3.8) is 0 Å². The molecule has 2 N–H and O–H groups in total. The van der Waals surface area contributed by atoms with E-state index in [2.05, 4.69) is 20.6 Å². The third-order valence-corrected chi connectivity index (χ3v) is 4.35. The van der Waals surface area contributed by atoms with Gasteiger partial charge in [-0.25, -0.2) is 0 Å². The Kier molecular flexibility index (Phi) is 5.22. The van der Waals surface area contributed by atoms with E-state index in [1.807, 2.05) is 12.1 Å². The van der Waals surface area contributed by atoms with Crippen LogP contribution >= 0.6 is 11.6 Å². The van der Waals surface area contributed by atoms with Crippen LogP contribution in [0, 0.1) is 24.0 Å². The minimum Gasteiger partial charge on any atom is -0.349 e. The molecular formula is C17H17ClN6O3. The predicted molar refractivity (Wildman–Crippen MR) is 99.7 cm³/mol. The number of nitrogens with one attached hydrogen (secondary N) is 2. The number of carbonyl (C=O) groups excluding carboxylic acids is 1. The van der Waals surface area contributed by atoms with E-state index >= 15 is 0 Å². The van der Waals surface area contributed by atoms with Gasteiger partial charge in [0.1, 0.15) is 17.1 Å². The quantitative estimate of drug-likeness (QED) is 0.497. The van der Waals surface area contributed by atoms with Crippen molar-refractivity contribution in [1.82, 2.24) is 25.3 Å². The van der Waals surface area contributed by atoms with Gasteiger partial charge in [-0.2, -0.15) is 10.2 Å². The van der Waals surface area contributed by atoms with Crippen molar-refractivity contribution in [2.45, 2.75) is 20.4 Å². The number of H-pyrrole nitrogens is 1. The van der Waals surface area contributed by atoms with Gasteiger partial charge in [-0.15, -0.1) is 0 Å². The molecule has 3 aromatic rings. The number of hydrogen-bond acceptors (Lipinski definition) is 5. The molecule has 2 aromatic heterocycles. The van der Waals surface area contributed by atoms with E-state index in [-0.39, 0.29) is 18.1 Å². The van der Waals surface area contributed by atoms with Crippen LogP contribution < -0.4 is 5.32 Å². The fourth-order valence-corrected chi connectivity index (χ4v) is 2.87. The van der Waals surface area contributed by atoms with Crippen LogP contribution in [0.3, 0.4) is 0 Å². The molecule has 0 aliphatic heterocycles. The number of carbonyl (C=O) groups is 1. The molecule has 2 heterocycles. The molecule has 0 bridgehead atoms. The predicted octanol–water partition coefficient (Wildman–Crippen LogP) is 2.88. The van der Waals surface area contributed by atoms with Gasteiger partial charge in [0.2, 0.25) is 0 Å². The molecule has 0 atom stereocenters. The largest absolute Gasteiger partial charge is 0.349 e. The molecule has 0 aliphatic carbocycles. The summed E-state index contributed by atoms with van der Waals surface area (Å²) >= 11 is 5.87. The first-order valence-corrected chi connectivity index (χ1v) is 8.52. The summed E-state index contributed by atoms with van der Waals surface area (Å²) < 4.78 is 1.51. The highest BCUT2D eigenvalue weighted by molar-refractivity contribution is 6.30. The van der Waals surface area contributed by atoms with Crippen molar-refractivity contribution in [3.8, 4) is 11.3 Å². The third-order valence-electron chi connectivity index (χ3n) is 4.10. The number of amides is 1. The van der Waals surface area contributed by atoms with Gasteiger partial charge < -0.3 is 5.32 Å². The van der Waals surface area contributed by atoms with Crippen LogP contribution in [0.1, 0.15) is 21.9 Å². The summed E-state index contributed by atoms with van der Waals surface area (Å²) in [5, 5.41) is 25.4. The first-order chi connectivity index (χ1) is 12.9. The fourth-order valence-electron chi connectivity index (χ4n) is 2.75. The molecule has 27 heavy (non-hydrogen) atoms. The summed E-state index contributed by atoms with van der Waals surface area (Å²) in [5.41, 5.74) is 2.60. The Bertz CT molecular complexity index is 993. The number of aromatic amines is 1. The highest BCUT2D eigenvalue weighted by Gasteiger charge is 2.21.